The van der Waals surface area contributed by atoms with Gasteiger partial charge < -0.3 is 24.6 Å². The van der Waals surface area contributed by atoms with Gasteiger partial charge in [0.15, 0.2) is 0 Å². The van der Waals surface area contributed by atoms with E-state index in [1.165, 1.54) is 12.1 Å². The lowest BCUT2D eigenvalue weighted by Gasteiger charge is -2.29. The molecule has 17 nitrogen and oxygen atoms in total. The number of aromatic carboxylic acids is 1. The average molecular weight is 1140 g/mol. The van der Waals surface area contributed by atoms with Crippen molar-refractivity contribution in [2.75, 3.05) is 32.2 Å². The number of fused-ring (bicyclic) bond motifs is 2. The highest BCUT2D eigenvalue weighted by Crippen LogP contribution is 2.41. The van der Waals surface area contributed by atoms with Crippen molar-refractivity contribution in [3.05, 3.63) is 153 Å². The minimum Gasteiger partial charge on any atom is -0.507 e. The Bertz CT molecular complexity index is 3970. The zero-order chi connectivity index (χ0) is 52.9. The summed E-state index contributed by atoms with van der Waals surface area (Å²) in [6, 6.07) is 25.8. The number of carbonyl (C=O) groups is 3. The second-order valence-electron chi connectivity index (χ2n) is 16.9. The molecule has 8 aromatic rings. The number of anilines is 4. The fraction of sp³-hybridized carbons (Fsp3) is 0.140. The Balaban J connectivity index is 1.02. The Kier molecular flexibility index (Phi) is 14.3. The maximum absolute atomic E-state index is 14.2. The number of aromatic hydroxyl groups is 1. The Labute approximate surface area is 442 Å². The Morgan fingerprint density at radius 3 is 1.78 bits per heavy atom. The highest BCUT2D eigenvalue weighted by molar-refractivity contribution is 7.95. The van der Waals surface area contributed by atoms with E-state index in [2.05, 4.69) is 19.1 Å². The number of benzene rings is 6. The first-order valence-corrected chi connectivity index (χ1v) is 29.0. The third kappa shape index (κ3) is 10.7. The van der Waals surface area contributed by atoms with E-state index < -0.39 is 81.9 Å². The number of hydrogen-bond acceptors (Lipinski definition) is 15. The fourth-order valence-corrected chi connectivity index (χ4v) is 15.4. The van der Waals surface area contributed by atoms with Gasteiger partial charge in [-0.3, -0.25) is 14.2 Å². The van der Waals surface area contributed by atoms with Crippen molar-refractivity contribution in [1.29, 1.82) is 0 Å². The number of phenolic OH excluding ortho intramolecular Hbond substituents is 1. The molecule has 0 unspecified atom stereocenters. The minimum absolute atomic E-state index is 0.0399. The maximum atomic E-state index is 14.2. The van der Waals surface area contributed by atoms with Gasteiger partial charge in [-0.15, -0.1) is 22.7 Å². The number of piperidine rings is 1. The normalized spacial score (nSPS) is 13.2. The summed E-state index contributed by atoms with van der Waals surface area (Å²) < 4.78 is 102. The number of halogens is 2. The first-order chi connectivity index (χ1) is 35.1. The number of carboxylic acids is 1. The maximum Gasteiger partial charge on any atom is 0.347 e. The Hall–Kier alpha value is -6.92. The number of carbonyl (C=O) groups excluding carboxylic acids is 2. The number of thiophene rings is 2. The zero-order valence-electron chi connectivity index (χ0n) is 38.6. The van der Waals surface area contributed by atoms with Crippen molar-refractivity contribution in [2.45, 2.75) is 46.4 Å². The molecule has 0 saturated carbocycles. The van der Waals surface area contributed by atoms with E-state index >= 15 is 0 Å². The molecule has 6 aromatic carbocycles. The van der Waals surface area contributed by atoms with Crippen LogP contribution in [0.15, 0.2) is 129 Å². The van der Waals surface area contributed by atoms with Crippen molar-refractivity contribution >= 4 is 137 Å². The lowest BCUT2D eigenvalue weighted by molar-refractivity contribution is 0.0680. The van der Waals surface area contributed by atoms with Crippen LogP contribution in [0.4, 0.5) is 22.7 Å². The molecule has 0 amide bonds. The van der Waals surface area contributed by atoms with Crippen LogP contribution in [0, 0.1) is 13.8 Å². The molecule has 5 N–H and O–H groups in total. The monoisotopic (exact) mass is 1130 g/mol. The van der Waals surface area contributed by atoms with Crippen LogP contribution in [-0.2, 0) is 30.1 Å². The lowest BCUT2D eigenvalue weighted by Crippen LogP contribution is -2.29. The zero-order valence-corrected chi connectivity index (χ0v) is 44.2. The molecule has 0 aliphatic carbocycles. The van der Waals surface area contributed by atoms with E-state index in [1.807, 2.05) is 6.07 Å². The van der Waals surface area contributed by atoms with Gasteiger partial charge in [0.2, 0.25) is 0 Å². The summed E-state index contributed by atoms with van der Waals surface area (Å²) in [6.45, 7) is 4.76. The fourth-order valence-electron chi connectivity index (χ4n) is 8.25. The van der Waals surface area contributed by atoms with Gasteiger partial charge in [0.05, 0.1) is 31.7 Å². The first-order valence-electron chi connectivity index (χ1n) is 22.2. The highest BCUT2D eigenvalue weighted by Gasteiger charge is 2.29. The van der Waals surface area contributed by atoms with Crippen LogP contribution < -0.4 is 28.5 Å². The lowest BCUT2D eigenvalue weighted by atomic mass is 10.1. The van der Waals surface area contributed by atoms with Crippen LogP contribution in [0.5, 0.6) is 17.2 Å². The van der Waals surface area contributed by atoms with E-state index in [-0.39, 0.29) is 30.4 Å². The first kappa shape index (κ1) is 52.0. The minimum atomic E-state index is -4.38. The number of sulfonamides is 3. The molecule has 0 bridgehead atoms. The summed E-state index contributed by atoms with van der Waals surface area (Å²) >= 11 is 14.4. The third-order valence-electron chi connectivity index (χ3n) is 11.9. The Morgan fingerprint density at radius 1 is 0.595 bits per heavy atom. The molecule has 1 saturated heterocycles. The van der Waals surface area contributed by atoms with E-state index in [4.69, 9.17) is 32.7 Å². The number of nitrogens with zero attached hydrogens (tertiary/aromatic N) is 1. The number of esters is 2. The topological polar surface area (TPSA) is 252 Å². The molecule has 0 spiro atoms. The number of ether oxygens (including phenoxy) is 2. The summed E-state index contributed by atoms with van der Waals surface area (Å²) in [4.78, 5) is 42.6. The van der Waals surface area contributed by atoms with Gasteiger partial charge in [0.25, 0.3) is 30.1 Å². The SMILES string of the molecule is Cc1c(S(=O)(=O)Nc2ccc(C(=O)Oc3cc(NS(=O)(=O)c4sc5c(Cl)cccc5c4C)ccc3C(=O)O)c(OC(=O)c3ccc(NS(=O)(=O)c4cccc(N5CCCCC5)c4)cc3O)c2)sc2ccc(Cl)cc12. The van der Waals surface area contributed by atoms with E-state index in [9.17, 15) is 49.9 Å². The van der Waals surface area contributed by atoms with Crippen LogP contribution >= 0.6 is 45.9 Å². The van der Waals surface area contributed by atoms with Gasteiger partial charge in [0, 0.05) is 46.7 Å². The van der Waals surface area contributed by atoms with Gasteiger partial charge >= 0.3 is 17.9 Å². The van der Waals surface area contributed by atoms with Crippen LogP contribution in [0.25, 0.3) is 20.2 Å². The number of phenols is 1. The van der Waals surface area contributed by atoms with E-state index in [1.54, 1.807) is 62.4 Å². The Morgan fingerprint density at radius 2 is 1.15 bits per heavy atom. The number of carboxylic acid groups (broad SMARTS) is 1. The third-order valence-corrected chi connectivity index (χ3v) is 20.5. The molecule has 1 aliphatic rings. The van der Waals surface area contributed by atoms with Gasteiger partial charge in [0.1, 0.15) is 42.4 Å². The molecule has 74 heavy (non-hydrogen) atoms. The molecule has 3 heterocycles. The second kappa shape index (κ2) is 20.4. The summed E-state index contributed by atoms with van der Waals surface area (Å²) in [5.41, 5.74) is -0.684. The van der Waals surface area contributed by atoms with Gasteiger partial charge in [-0.2, -0.15) is 0 Å². The number of nitrogens with one attached hydrogen (secondary N) is 3. The summed E-state index contributed by atoms with van der Waals surface area (Å²) in [6.07, 6.45) is 3.04. The number of hydrogen-bond donors (Lipinski definition) is 5. The van der Waals surface area contributed by atoms with Crippen molar-refractivity contribution in [3.8, 4) is 17.2 Å². The van der Waals surface area contributed by atoms with Crippen LogP contribution in [0.2, 0.25) is 10.0 Å². The number of aryl methyl sites for hydroxylation is 2. The van der Waals surface area contributed by atoms with Gasteiger partial charge in [-0.25, -0.2) is 39.6 Å². The number of rotatable bonds is 15. The average Bonchev–Trinajstić information content (AvgIpc) is 3.88. The molecule has 24 heteroatoms. The highest BCUT2D eigenvalue weighted by atomic mass is 35.5. The second-order valence-corrected chi connectivity index (χ2v) is 25.2. The predicted molar refractivity (Wildman–Crippen MR) is 286 cm³/mol. The van der Waals surface area contributed by atoms with Crippen molar-refractivity contribution in [3.63, 3.8) is 0 Å². The molecular formula is C50H40Cl2N4O13S5. The molecule has 0 radical (unpaired) electrons. The summed E-state index contributed by atoms with van der Waals surface area (Å²) in [5.74, 6) is -6.27. The van der Waals surface area contributed by atoms with E-state index in [0.29, 0.717) is 41.3 Å². The van der Waals surface area contributed by atoms with Gasteiger partial charge in [-0.1, -0.05) is 41.4 Å². The molecule has 1 aliphatic heterocycles. The van der Waals surface area contributed by atoms with Crippen molar-refractivity contribution in [2.24, 2.45) is 0 Å². The van der Waals surface area contributed by atoms with E-state index in [0.717, 1.165) is 109 Å². The summed E-state index contributed by atoms with van der Waals surface area (Å²) in [7, 11) is -12.9. The molecule has 382 valence electrons. The summed E-state index contributed by atoms with van der Waals surface area (Å²) in [5, 5.41) is 23.1. The molecule has 1 fully saturated rings. The smallest absolute Gasteiger partial charge is 0.347 e. The molecule has 9 rings (SSSR count). The van der Waals surface area contributed by atoms with Crippen molar-refractivity contribution < 1.29 is 59.3 Å². The molecular weight excluding hydrogens is 1100 g/mol. The quantitative estimate of drug-likeness (QED) is 0.0473. The van der Waals surface area contributed by atoms with Crippen LogP contribution in [0.3, 0.4) is 0 Å². The van der Waals surface area contributed by atoms with Gasteiger partial charge in [-0.05, 0) is 134 Å². The van der Waals surface area contributed by atoms with Crippen LogP contribution in [0.1, 0.15) is 61.5 Å². The molecule has 2 aromatic heterocycles. The predicted octanol–water partition coefficient (Wildman–Crippen LogP) is 11.3. The van der Waals surface area contributed by atoms with Crippen LogP contribution in [-0.4, -0.2) is 66.5 Å². The standard InChI is InChI=1S/C50H40Cl2N4O13S5/c1-27-35-10-7-11-40(52)45(35)71-50(27)74(66,67)55-31-14-17-37(46(58)59)42(24-31)68-48(61)38-18-15-32(54-73(64,65)49-28(2)39-22-29(51)12-19-44(39)70-49)25-43(38)69-47(60)36-16-13-30(23-41(36)57)53-72(62,63)34-9-6-8-33(26-34)56-20-4-3-5-21-56/h6-19,22-26,53-55,57H,3-5,20-21H2,1-2H3,(H,58,59). The van der Waals surface area contributed by atoms with Crippen molar-refractivity contribution in [1.82, 2.24) is 0 Å². The largest absolute Gasteiger partial charge is 0.507 e. The molecule has 0 atom stereocenters.